The third kappa shape index (κ3) is 1.99. The Hall–Kier alpha value is -2.29. The Morgan fingerprint density at radius 1 is 1.06 bits per heavy atom. The summed E-state index contributed by atoms with van der Waals surface area (Å²) in [5.41, 5.74) is 1.62. The molecule has 0 saturated carbocycles. The van der Waals surface area contributed by atoms with E-state index < -0.39 is 0 Å². The number of aldehydes is 1. The predicted octanol–water partition coefficient (Wildman–Crippen LogP) is 2.88. The number of phenolic OH excluding ortho intramolecular Hbond substituents is 1. The second-order valence-corrected chi connectivity index (χ2v) is 3.56. The van der Waals surface area contributed by atoms with E-state index in [-0.39, 0.29) is 11.3 Å². The molecular weight excluding hydrogens is 216 g/mol. The Balaban J connectivity index is 2.64. The van der Waals surface area contributed by atoms with E-state index in [0.717, 1.165) is 5.56 Å². The summed E-state index contributed by atoms with van der Waals surface area (Å²) in [7, 11) is 1.57. The molecule has 0 radical (unpaired) electrons. The summed E-state index contributed by atoms with van der Waals surface area (Å²) in [6.07, 6.45) is 0.633. The van der Waals surface area contributed by atoms with Crippen LogP contribution in [0.15, 0.2) is 42.5 Å². The highest BCUT2D eigenvalue weighted by Crippen LogP contribution is 2.36. The summed E-state index contributed by atoms with van der Waals surface area (Å²) in [5.74, 6) is 0.637. The standard InChI is InChI=1S/C14H12O3/c1-17-13-8-3-2-6-11(13)12-7-4-5-10(9-15)14(12)16/h2-9,16H,1H3. The molecule has 3 nitrogen and oxygen atoms in total. The second kappa shape index (κ2) is 4.70. The fourth-order valence-corrected chi connectivity index (χ4v) is 1.74. The third-order valence-corrected chi connectivity index (χ3v) is 2.59. The van der Waals surface area contributed by atoms with Gasteiger partial charge in [0, 0.05) is 11.1 Å². The highest BCUT2D eigenvalue weighted by atomic mass is 16.5. The van der Waals surface area contributed by atoms with Crippen LogP contribution in [0, 0.1) is 0 Å². The number of hydrogen-bond donors (Lipinski definition) is 1. The molecule has 0 spiro atoms. The number of benzene rings is 2. The first-order valence-corrected chi connectivity index (χ1v) is 5.18. The molecule has 2 aromatic rings. The second-order valence-electron chi connectivity index (χ2n) is 3.56. The largest absolute Gasteiger partial charge is 0.507 e. The lowest BCUT2D eigenvalue weighted by Crippen LogP contribution is -1.90. The SMILES string of the molecule is COc1ccccc1-c1cccc(C=O)c1O. The van der Waals surface area contributed by atoms with Gasteiger partial charge in [-0.3, -0.25) is 4.79 Å². The molecule has 0 unspecified atom stereocenters. The van der Waals surface area contributed by atoms with Gasteiger partial charge in [-0.2, -0.15) is 0 Å². The summed E-state index contributed by atoms with van der Waals surface area (Å²) in [5, 5.41) is 9.98. The molecule has 0 saturated heterocycles. The molecule has 3 heteroatoms. The van der Waals surface area contributed by atoms with E-state index in [2.05, 4.69) is 0 Å². The van der Waals surface area contributed by atoms with E-state index in [4.69, 9.17) is 4.74 Å². The molecule has 0 bridgehead atoms. The molecule has 0 amide bonds. The van der Waals surface area contributed by atoms with Crippen LogP contribution in [0.25, 0.3) is 11.1 Å². The van der Waals surface area contributed by atoms with Crippen LogP contribution in [-0.4, -0.2) is 18.5 Å². The van der Waals surface area contributed by atoms with Crippen LogP contribution >= 0.6 is 0 Å². The number of phenols is 1. The van der Waals surface area contributed by atoms with Crippen molar-refractivity contribution in [2.24, 2.45) is 0 Å². The number of rotatable bonds is 3. The molecule has 0 fully saturated rings. The molecule has 2 aromatic carbocycles. The minimum absolute atomic E-state index is 0.0213. The smallest absolute Gasteiger partial charge is 0.153 e. The summed E-state index contributed by atoms with van der Waals surface area (Å²) < 4.78 is 5.23. The lowest BCUT2D eigenvalue weighted by atomic mass is 10.0. The quantitative estimate of drug-likeness (QED) is 0.821. The van der Waals surface area contributed by atoms with Crippen molar-refractivity contribution in [2.45, 2.75) is 0 Å². The predicted molar refractivity (Wildman–Crippen MR) is 65.5 cm³/mol. The lowest BCUT2D eigenvalue weighted by Gasteiger charge is -2.10. The van der Waals surface area contributed by atoms with Crippen LogP contribution in [-0.2, 0) is 0 Å². The molecule has 0 aliphatic carbocycles. The maximum absolute atomic E-state index is 10.8. The first-order valence-electron chi connectivity index (χ1n) is 5.18. The Bertz CT molecular complexity index is 547. The first kappa shape index (κ1) is 11.2. The monoisotopic (exact) mass is 228 g/mol. The number of methoxy groups -OCH3 is 1. The molecule has 0 aliphatic heterocycles. The zero-order chi connectivity index (χ0) is 12.3. The van der Waals surface area contributed by atoms with Gasteiger partial charge in [-0.25, -0.2) is 0 Å². The molecule has 0 aliphatic rings. The molecule has 17 heavy (non-hydrogen) atoms. The highest BCUT2D eigenvalue weighted by Gasteiger charge is 2.11. The zero-order valence-corrected chi connectivity index (χ0v) is 9.38. The number of para-hydroxylation sites is 2. The maximum atomic E-state index is 10.8. The summed E-state index contributed by atoms with van der Waals surface area (Å²) >= 11 is 0. The van der Waals surface area contributed by atoms with Crippen LogP contribution in [0.2, 0.25) is 0 Å². The number of carbonyl (C=O) groups excluding carboxylic acids is 1. The number of carbonyl (C=O) groups is 1. The van der Waals surface area contributed by atoms with Crippen LogP contribution in [0.4, 0.5) is 0 Å². The molecule has 0 atom stereocenters. The Morgan fingerprint density at radius 2 is 1.76 bits per heavy atom. The van der Waals surface area contributed by atoms with Gasteiger partial charge in [0.25, 0.3) is 0 Å². The van der Waals surface area contributed by atoms with Crippen molar-refractivity contribution >= 4 is 6.29 Å². The van der Waals surface area contributed by atoms with Crippen molar-refractivity contribution in [1.29, 1.82) is 0 Å². The van der Waals surface area contributed by atoms with E-state index in [1.54, 1.807) is 25.3 Å². The Kier molecular flexibility index (Phi) is 3.10. The molecule has 0 heterocycles. The summed E-state index contributed by atoms with van der Waals surface area (Å²) in [4.78, 5) is 10.8. The molecule has 0 aromatic heterocycles. The van der Waals surface area contributed by atoms with Gasteiger partial charge < -0.3 is 9.84 Å². The number of ether oxygens (including phenoxy) is 1. The van der Waals surface area contributed by atoms with E-state index in [9.17, 15) is 9.90 Å². The maximum Gasteiger partial charge on any atom is 0.153 e. The van der Waals surface area contributed by atoms with Crippen molar-refractivity contribution in [3.05, 3.63) is 48.0 Å². The van der Waals surface area contributed by atoms with Gasteiger partial charge in [-0.1, -0.05) is 30.3 Å². The van der Waals surface area contributed by atoms with Crippen molar-refractivity contribution in [3.63, 3.8) is 0 Å². The molecule has 1 N–H and O–H groups in total. The zero-order valence-electron chi connectivity index (χ0n) is 9.38. The highest BCUT2D eigenvalue weighted by molar-refractivity contribution is 5.87. The first-order chi connectivity index (χ1) is 8.27. The van der Waals surface area contributed by atoms with Crippen molar-refractivity contribution in [2.75, 3.05) is 7.11 Å². The minimum Gasteiger partial charge on any atom is -0.507 e. The minimum atomic E-state index is -0.0213. The average Bonchev–Trinajstić information content (AvgIpc) is 2.39. The molecule has 86 valence electrons. The average molecular weight is 228 g/mol. The summed E-state index contributed by atoms with van der Waals surface area (Å²) in [6.45, 7) is 0. The summed E-state index contributed by atoms with van der Waals surface area (Å²) in [6, 6.07) is 12.4. The van der Waals surface area contributed by atoms with Gasteiger partial charge in [0.2, 0.25) is 0 Å². The van der Waals surface area contributed by atoms with E-state index in [1.807, 2.05) is 24.3 Å². The fourth-order valence-electron chi connectivity index (χ4n) is 1.74. The van der Waals surface area contributed by atoms with Gasteiger partial charge in [0.15, 0.2) is 6.29 Å². The van der Waals surface area contributed by atoms with Gasteiger partial charge in [-0.15, -0.1) is 0 Å². The van der Waals surface area contributed by atoms with Gasteiger partial charge >= 0.3 is 0 Å². The number of aromatic hydroxyl groups is 1. The van der Waals surface area contributed by atoms with Gasteiger partial charge in [0.05, 0.1) is 12.7 Å². The van der Waals surface area contributed by atoms with Gasteiger partial charge in [0.1, 0.15) is 11.5 Å². The Morgan fingerprint density at radius 3 is 2.47 bits per heavy atom. The van der Waals surface area contributed by atoms with Crippen LogP contribution < -0.4 is 4.74 Å². The van der Waals surface area contributed by atoms with E-state index in [0.29, 0.717) is 17.6 Å². The third-order valence-electron chi connectivity index (χ3n) is 2.59. The van der Waals surface area contributed by atoms with E-state index in [1.165, 1.54) is 0 Å². The van der Waals surface area contributed by atoms with Crippen LogP contribution in [0.5, 0.6) is 11.5 Å². The number of hydrogen-bond acceptors (Lipinski definition) is 3. The van der Waals surface area contributed by atoms with Crippen molar-refractivity contribution in [3.8, 4) is 22.6 Å². The fraction of sp³-hybridized carbons (Fsp3) is 0.0714. The van der Waals surface area contributed by atoms with Gasteiger partial charge in [-0.05, 0) is 12.1 Å². The topological polar surface area (TPSA) is 46.5 Å². The van der Waals surface area contributed by atoms with Crippen molar-refractivity contribution in [1.82, 2.24) is 0 Å². The Labute approximate surface area is 99.3 Å². The normalized spacial score (nSPS) is 9.94. The van der Waals surface area contributed by atoms with Crippen LogP contribution in [0.1, 0.15) is 10.4 Å². The molecular formula is C14H12O3. The molecule has 2 rings (SSSR count). The van der Waals surface area contributed by atoms with E-state index >= 15 is 0 Å². The van der Waals surface area contributed by atoms with Crippen molar-refractivity contribution < 1.29 is 14.6 Å². The van der Waals surface area contributed by atoms with Crippen LogP contribution in [0.3, 0.4) is 0 Å². The lowest BCUT2D eigenvalue weighted by molar-refractivity contribution is 0.112.